The van der Waals surface area contributed by atoms with Gasteiger partial charge in [-0.05, 0) is 44.5 Å². The largest absolute Gasteiger partial charge is 0.339 e. The van der Waals surface area contributed by atoms with E-state index in [9.17, 15) is 4.79 Å². The zero-order valence-corrected chi connectivity index (χ0v) is 13.5. The molecule has 0 saturated carbocycles. The Morgan fingerprint density at radius 3 is 2.52 bits per heavy atom. The average Bonchev–Trinajstić information content (AvgIpc) is 3.03. The highest BCUT2D eigenvalue weighted by atomic mass is 16.2. The highest BCUT2D eigenvalue weighted by molar-refractivity contribution is 5.95. The molecule has 0 aliphatic heterocycles. The molecule has 0 atom stereocenters. The van der Waals surface area contributed by atoms with Gasteiger partial charge in [0.25, 0.3) is 5.91 Å². The second-order valence-electron chi connectivity index (χ2n) is 5.35. The summed E-state index contributed by atoms with van der Waals surface area (Å²) in [5.74, 6) is 0.0556. The topological polar surface area (TPSA) is 63.4 Å². The molecule has 118 valence electrons. The van der Waals surface area contributed by atoms with Crippen LogP contribution in [0.3, 0.4) is 0 Å². The molecule has 3 aromatic rings. The fourth-order valence-electron chi connectivity index (χ4n) is 2.65. The number of fused-ring (bicyclic) bond motifs is 1. The number of carbonyl (C=O) groups excluding carboxylic acids is 1. The number of amides is 1. The van der Waals surface area contributed by atoms with Crippen molar-refractivity contribution in [3.05, 3.63) is 47.9 Å². The third kappa shape index (κ3) is 2.79. The van der Waals surface area contributed by atoms with Crippen LogP contribution in [0.2, 0.25) is 0 Å². The van der Waals surface area contributed by atoms with Crippen LogP contribution in [0.25, 0.3) is 16.8 Å². The van der Waals surface area contributed by atoms with Gasteiger partial charge in [-0.1, -0.05) is 12.1 Å². The third-order valence-electron chi connectivity index (χ3n) is 3.88. The summed E-state index contributed by atoms with van der Waals surface area (Å²) in [7, 11) is 0. The highest BCUT2D eigenvalue weighted by Crippen LogP contribution is 2.24. The first-order valence-corrected chi connectivity index (χ1v) is 7.71. The van der Waals surface area contributed by atoms with Crippen LogP contribution < -0.4 is 0 Å². The molecule has 3 rings (SSSR count). The molecular weight excluding hydrogens is 290 g/mol. The van der Waals surface area contributed by atoms with Crippen LogP contribution in [0.4, 0.5) is 0 Å². The maximum absolute atomic E-state index is 12.4. The molecule has 1 amide bonds. The van der Waals surface area contributed by atoms with E-state index in [2.05, 4.69) is 15.3 Å². The fraction of sp³-hybridized carbons (Fsp3) is 0.294. The zero-order chi connectivity index (χ0) is 16.4. The van der Waals surface area contributed by atoms with E-state index in [0.717, 1.165) is 16.8 Å². The molecule has 23 heavy (non-hydrogen) atoms. The molecule has 6 heteroatoms. The van der Waals surface area contributed by atoms with Crippen molar-refractivity contribution in [3.8, 4) is 11.1 Å². The van der Waals surface area contributed by atoms with Gasteiger partial charge >= 0.3 is 0 Å². The number of aryl methyl sites for hydroxylation is 1. The number of rotatable bonds is 4. The molecule has 0 spiro atoms. The molecule has 0 unspecified atom stereocenters. The van der Waals surface area contributed by atoms with Crippen molar-refractivity contribution >= 4 is 11.6 Å². The average molecular weight is 309 g/mol. The second-order valence-corrected chi connectivity index (χ2v) is 5.35. The van der Waals surface area contributed by atoms with Crippen LogP contribution in [0, 0.1) is 6.92 Å². The first kappa shape index (κ1) is 15.1. The third-order valence-corrected chi connectivity index (χ3v) is 3.88. The van der Waals surface area contributed by atoms with Gasteiger partial charge in [0.15, 0.2) is 5.65 Å². The Bertz CT molecular complexity index is 834. The SMILES string of the molecule is CCN(CC)C(=O)c1ccc(-c2cc(C)nn3cnnc23)cc1. The summed E-state index contributed by atoms with van der Waals surface area (Å²) in [6, 6.07) is 9.59. The van der Waals surface area contributed by atoms with Gasteiger partial charge in [0, 0.05) is 24.2 Å². The normalized spacial score (nSPS) is 10.9. The number of benzene rings is 1. The lowest BCUT2D eigenvalue weighted by molar-refractivity contribution is 0.0773. The van der Waals surface area contributed by atoms with Gasteiger partial charge in [-0.3, -0.25) is 4.79 Å². The van der Waals surface area contributed by atoms with Gasteiger partial charge in [-0.15, -0.1) is 10.2 Å². The molecule has 2 heterocycles. The minimum absolute atomic E-state index is 0.0556. The number of hydrogen-bond acceptors (Lipinski definition) is 4. The molecule has 0 aliphatic rings. The molecule has 0 bridgehead atoms. The Labute approximate surface area is 134 Å². The van der Waals surface area contributed by atoms with E-state index < -0.39 is 0 Å². The fourth-order valence-corrected chi connectivity index (χ4v) is 2.65. The minimum Gasteiger partial charge on any atom is -0.339 e. The summed E-state index contributed by atoms with van der Waals surface area (Å²) in [6.45, 7) is 7.32. The van der Waals surface area contributed by atoms with Crippen molar-refractivity contribution in [2.45, 2.75) is 20.8 Å². The molecule has 6 nitrogen and oxygen atoms in total. The first-order chi connectivity index (χ1) is 11.1. The van der Waals surface area contributed by atoms with E-state index in [1.807, 2.05) is 56.0 Å². The van der Waals surface area contributed by atoms with E-state index >= 15 is 0 Å². The van der Waals surface area contributed by atoms with Crippen LogP contribution in [0.1, 0.15) is 29.9 Å². The zero-order valence-electron chi connectivity index (χ0n) is 13.5. The maximum atomic E-state index is 12.4. The Balaban J connectivity index is 1.98. The van der Waals surface area contributed by atoms with Gasteiger partial charge in [0.2, 0.25) is 0 Å². The van der Waals surface area contributed by atoms with Crippen molar-refractivity contribution in [2.75, 3.05) is 13.1 Å². The van der Waals surface area contributed by atoms with Crippen molar-refractivity contribution < 1.29 is 4.79 Å². The van der Waals surface area contributed by atoms with E-state index in [1.165, 1.54) is 0 Å². The number of nitrogens with zero attached hydrogens (tertiary/aromatic N) is 5. The lowest BCUT2D eigenvalue weighted by atomic mass is 10.0. The van der Waals surface area contributed by atoms with E-state index in [-0.39, 0.29) is 5.91 Å². The van der Waals surface area contributed by atoms with Crippen LogP contribution in [0.5, 0.6) is 0 Å². The lowest BCUT2D eigenvalue weighted by Crippen LogP contribution is -2.30. The smallest absolute Gasteiger partial charge is 0.253 e. The Morgan fingerprint density at radius 1 is 1.17 bits per heavy atom. The highest BCUT2D eigenvalue weighted by Gasteiger charge is 2.13. The van der Waals surface area contributed by atoms with Crippen LogP contribution in [0.15, 0.2) is 36.7 Å². The quantitative estimate of drug-likeness (QED) is 0.743. The molecular formula is C17H19N5O. The summed E-state index contributed by atoms with van der Waals surface area (Å²) in [5, 5.41) is 12.4. The molecule has 0 fully saturated rings. The van der Waals surface area contributed by atoms with Crippen molar-refractivity contribution in [1.29, 1.82) is 0 Å². The second kappa shape index (κ2) is 6.16. The van der Waals surface area contributed by atoms with Gasteiger partial charge in [-0.25, -0.2) is 0 Å². The Morgan fingerprint density at radius 2 is 1.87 bits per heavy atom. The van der Waals surface area contributed by atoms with Crippen molar-refractivity contribution in [1.82, 2.24) is 24.7 Å². The first-order valence-electron chi connectivity index (χ1n) is 7.71. The van der Waals surface area contributed by atoms with Gasteiger partial charge < -0.3 is 4.90 Å². The monoisotopic (exact) mass is 309 g/mol. The van der Waals surface area contributed by atoms with Gasteiger partial charge in [-0.2, -0.15) is 9.61 Å². The Kier molecular flexibility index (Phi) is 4.06. The van der Waals surface area contributed by atoms with E-state index in [1.54, 1.807) is 10.8 Å². The Hall–Kier alpha value is -2.76. The maximum Gasteiger partial charge on any atom is 0.253 e. The predicted molar refractivity (Wildman–Crippen MR) is 88.2 cm³/mol. The van der Waals surface area contributed by atoms with Crippen molar-refractivity contribution in [3.63, 3.8) is 0 Å². The lowest BCUT2D eigenvalue weighted by Gasteiger charge is -2.18. The summed E-state index contributed by atoms with van der Waals surface area (Å²) < 4.78 is 1.67. The summed E-state index contributed by atoms with van der Waals surface area (Å²) in [6.07, 6.45) is 1.59. The number of hydrogen-bond donors (Lipinski definition) is 0. The van der Waals surface area contributed by atoms with E-state index in [4.69, 9.17) is 0 Å². The van der Waals surface area contributed by atoms with Crippen LogP contribution in [-0.4, -0.2) is 43.7 Å². The molecule has 2 aromatic heterocycles. The molecule has 0 N–H and O–H groups in total. The molecule has 0 saturated heterocycles. The van der Waals surface area contributed by atoms with Gasteiger partial charge in [0.1, 0.15) is 6.33 Å². The van der Waals surface area contributed by atoms with E-state index in [0.29, 0.717) is 24.3 Å². The summed E-state index contributed by atoms with van der Waals surface area (Å²) in [5.41, 5.74) is 4.23. The summed E-state index contributed by atoms with van der Waals surface area (Å²) >= 11 is 0. The minimum atomic E-state index is 0.0556. The molecule has 1 aromatic carbocycles. The molecule has 0 aliphatic carbocycles. The molecule has 0 radical (unpaired) electrons. The standard InChI is InChI=1S/C17H19N5O/c1-4-21(5-2)17(23)14-8-6-13(7-9-14)15-10-12(3)20-22-11-18-19-16(15)22/h6-11H,4-5H2,1-3H3. The predicted octanol–water partition coefficient (Wildman–Crippen LogP) is 2.58. The van der Waals surface area contributed by atoms with Crippen molar-refractivity contribution in [2.24, 2.45) is 0 Å². The summed E-state index contributed by atoms with van der Waals surface area (Å²) in [4.78, 5) is 14.2. The van der Waals surface area contributed by atoms with Gasteiger partial charge in [0.05, 0.1) is 5.69 Å². The number of carbonyl (C=O) groups is 1. The van der Waals surface area contributed by atoms with Crippen LogP contribution in [-0.2, 0) is 0 Å². The number of aromatic nitrogens is 4. The van der Waals surface area contributed by atoms with Crippen LogP contribution >= 0.6 is 0 Å².